The van der Waals surface area contributed by atoms with Gasteiger partial charge < -0.3 is 10.3 Å². The van der Waals surface area contributed by atoms with Gasteiger partial charge in [0.2, 0.25) is 0 Å². The van der Waals surface area contributed by atoms with Crippen LogP contribution in [-0.2, 0) is 0 Å². The summed E-state index contributed by atoms with van der Waals surface area (Å²) in [5, 5.41) is 15.8. The monoisotopic (exact) mass is 355 g/mol. The molecule has 0 aliphatic carbocycles. The minimum atomic E-state index is -0.369. The number of aromatic amines is 1. The third-order valence-corrected chi connectivity index (χ3v) is 5.25. The Bertz CT molecular complexity index is 1190. The van der Waals surface area contributed by atoms with Gasteiger partial charge in [-0.1, -0.05) is 23.8 Å². The second-order valence-electron chi connectivity index (χ2n) is 6.95. The number of hydrogen-bond donors (Lipinski definition) is 2. The van der Waals surface area contributed by atoms with Gasteiger partial charge in [0.1, 0.15) is 0 Å². The van der Waals surface area contributed by atoms with E-state index in [0.29, 0.717) is 0 Å². The molecule has 4 aromatic rings. The van der Waals surface area contributed by atoms with Crippen molar-refractivity contribution in [3.05, 3.63) is 93.7 Å². The Balaban J connectivity index is 1.76. The summed E-state index contributed by atoms with van der Waals surface area (Å²) >= 11 is 0. The van der Waals surface area contributed by atoms with Crippen molar-refractivity contribution in [2.75, 3.05) is 5.32 Å². The number of rotatable bonds is 2. The molecule has 0 bridgehead atoms. The van der Waals surface area contributed by atoms with E-state index in [0.717, 1.165) is 22.3 Å². The molecule has 27 heavy (non-hydrogen) atoms. The van der Waals surface area contributed by atoms with E-state index in [4.69, 9.17) is 0 Å². The van der Waals surface area contributed by atoms with E-state index in [-0.39, 0.29) is 16.7 Å². The van der Waals surface area contributed by atoms with E-state index in [1.807, 2.05) is 18.3 Å². The van der Waals surface area contributed by atoms with Gasteiger partial charge in [-0.2, -0.15) is 0 Å². The molecule has 2 heterocycles. The van der Waals surface area contributed by atoms with E-state index in [1.165, 1.54) is 22.1 Å². The molecule has 1 aromatic heterocycles. The van der Waals surface area contributed by atoms with Crippen molar-refractivity contribution in [1.29, 1.82) is 0 Å². The third-order valence-electron chi connectivity index (χ3n) is 5.25. The molecule has 0 saturated carbocycles. The van der Waals surface area contributed by atoms with Gasteiger partial charge >= 0.3 is 0 Å². The van der Waals surface area contributed by atoms with Gasteiger partial charge in [-0.3, -0.25) is 10.1 Å². The summed E-state index contributed by atoms with van der Waals surface area (Å²) < 4.78 is 0. The van der Waals surface area contributed by atoms with Gasteiger partial charge in [0.05, 0.1) is 11.0 Å². The number of anilines is 1. The molecule has 0 fully saturated rings. The molecule has 0 radical (unpaired) electrons. The lowest BCUT2D eigenvalue weighted by Gasteiger charge is -2.19. The van der Waals surface area contributed by atoms with Gasteiger partial charge in [0, 0.05) is 46.0 Å². The first-order valence-corrected chi connectivity index (χ1v) is 8.84. The standard InChI is InChI=1S/C22H17N3O2/c1-13-5-10-19-17(11-13)16-3-2-4-20-21(16)18(12-23-20)22(24-19)14-6-8-15(9-7-14)25(26)27/h2-12,22-24H,1H3. The Morgan fingerprint density at radius 2 is 1.81 bits per heavy atom. The lowest BCUT2D eigenvalue weighted by Crippen LogP contribution is -2.11. The number of non-ortho nitro benzene ring substituents is 1. The summed E-state index contributed by atoms with van der Waals surface area (Å²) in [6.07, 6.45) is 2.03. The molecule has 0 spiro atoms. The third kappa shape index (κ3) is 2.39. The van der Waals surface area contributed by atoms with Gasteiger partial charge in [-0.15, -0.1) is 0 Å². The van der Waals surface area contributed by atoms with E-state index in [1.54, 1.807) is 12.1 Å². The van der Waals surface area contributed by atoms with Crippen molar-refractivity contribution in [3.8, 4) is 11.1 Å². The van der Waals surface area contributed by atoms with Crippen LogP contribution in [-0.4, -0.2) is 9.91 Å². The van der Waals surface area contributed by atoms with E-state index in [9.17, 15) is 10.1 Å². The molecule has 5 nitrogen and oxygen atoms in total. The number of hydrogen-bond acceptors (Lipinski definition) is 3. The Morgan fingerprint density at radius 3 is 2.59 bits per heavy atom. The first-order chi connectivity index (χ1) is 13.1. The van der Waals surface area contributed by atoms with Gasteiger partial charge in [-0.25, -0.2) is 0 Å². The summed E-state index contributed by atoms with van der Waals surface area (Å²) in [5.41, 5.74) is 7.96. The van der Waals surface area contributed by atoms with Crippen molar-refractivity contribution < 1.29 is 4.92 Å². The molecular weight excluding hydrogens is 338 g/mol. The topological polar surface area (TPSA) is 71.0 Å². The Labute approximate surface area is 155 Å². The lowest BCUT2D eigenvalue weighted by atomic mass is 9.95. The maximum absolute atomic E-state index is 11.0. The predicted octanol–water partition coefficient (Wildman–Crippen LogP) is 5.57. The molecule has 0 amide bonds. The highest BCUT2D eigenvalue weighted by molar-refractivity contribution is 6.02. The molecule has 1 unspecified atom stereocenters. The number of aromatic nitrogens is 1. The van der Waals surface area contributed by atoms with E-state index in [2.05, 4.69) is 53.6 Å². The number of fused-ring (bicyclic) bond motifs is 2. The zero-order valence-corrected chi connectivity index (χ0v) is 14.7. The quantitative estimate of drug-likeness (QED) is 0.365. The number of benzene rings is 3. The molecule has 1 atom stereocenters. The van der Waals surface area contributed by atoms with Crippen LogP contribution in [0.5, 0.6) is 0 Å². The average molecular weight is 355 g/mol. The fourth-order valence-corrected chi connectivity index (χ4v) is 3.95. The summed E-state index contributed by atoms with van der Waals surface area (Å²) in [6, 6.07) is 19.4. The van der Waals surface area contributed by atoms with Crippen LogP contribution >= 0.6 is 0 Å². The van der Waals surface area contributed by atoms with Crippen LogP contribution in [0.2, 0.25) is 0 Å². The Kier molecular flexibility index (Phi) is 3.31. The fourth-order valence-electron chi connectivity index (χ4n) is 3.95. The number of nitro benzene ring substituents is 1. The van der Waals surface area contributed by atoms with Gasteiger partial charge in [0.25, 0.3) is 5.69 Å². The Hall–Kier alpha value is -3.60. The summed E-state index contributed by atoms with van der Waals surface area (Å²) in [6.45, 7) is 2.09. The van der Waals surface area contributed by atoms with Crippen molar-refractivity contribution in [2.24, 2.45) is 0 Å². The van der Waals surface area contributed by atoms with Crippen molar-refractivity contribution in [1.82, 2.24) is 4.98 Å². The van der Waals surface area contributed by atoms with Crippen molar-refractivity contribution in [2.45, 2.75) is 13.0 Å². The number of nitrogens with zero attached hydrogens (tertiary/aromatic N) is 1. The number of nitrogens with one attached hydrogen (secondary N) is 2. The van der Waals surface area contributed by atoms with Gasteiger partial charge in [-0.05, 0) is 48.4 Å². The predicted molar refractivity (Wildman–Crippen MR) is 107 cm³/mol. The number of nitro groups is 1. The molecule has 0 saturated heterocycles. The summed E-state index contributed by atoms with van der Waals surface area (Å²) in [7, 11) is 0. The van der Waals surface area contributed by atoms with E-state index >= 15 is 0 Å². The van der Waals surface area contributed by atoms with Gasteiger partial charge in [0.15, 0.2) is 0 Å². The Morgan fingerprint density at radius 1 is 1.00 bits per heavy atom. The fraction of sp³-hybridized carbons (Fsp3) is 0.0909. The van der Waals surface area contributed by atoms with Crippen LogP contribution in [0.15, 0.2) is 66.9 Å². The maximum atomic E-state index is 11.0. The first kappa shape index (κ1) is 15.6. The van der Waals surface area contributed by atoms with Crippen LogP contribution < -0.4 is 5.32 Å². The lowest BCUT2D eigenvalue weighted by molar-refractivity contribution is -0.384. The molecule has 5 rings (SSSR count). The largest absolute Gasteiger partial charge is 0.374 e. The normalized spacial score (nSPS) is 15.1. The second kappa shape index (κ2) is 5.71. The molecule has 5 heteroatoms. The number of aryl methyl sites for hydroxylation is 1. The van der Waals surface area contributed by atoms with E-state index < -0.39 is 0 Å². The molecule has 1 aliphatic rings. The van der Waals surface area contributed by atoms with Crippen LogP contribution in [0.25, 0.3) is 22.0 Å². The molecule has 132 valence electrons. The number of H-pyrrole nitrogens is 1. The minimum Gasteiger partial charge on any atom is -0.374 e. The molecule has 1 aliphatic heterocycles. The highest BCUT2D eigenvalue weighted by Crippen LogP contribution is 2.44. The SMILES string of the molecule is Cc1ccc2c(c1)-c1cccc3[nH]cc(c13)C(c1ccc([N+](=O)[O-])cc1)N2. The van der Waals surface area contributed by atoms with Crippen molar-refractivity contribution >= 4 is 22.3 Å². The molecule has 2 N–H and O–H groups in total. The minimum absolute atomic E-state index is 0.0929. The highest BCUT2D eigenvalue weighted by Gasteiger charge is 2.25. The van der Waals surface area contributed by atoms with Crippen molar-refractivity contribution in [3.63, 3.8) is 0 Å². The molecular formula is C22H17N3O2. The van der Waals surface area contributed by atoms with Crippen LogP contribution in [0.1, 0.15) is 22.7 Å². The van der Waals surface area contributed by atoms with Crippen LogP contribution in [0.3, 0.4) is 0 Å². The first-order valence-electron chi connectivity index (χ1n) is 8.84. The van der Waals surface area contributed by atoms with Crippen LogP contribution in [0.4, 0.5) is 11.4 Å². The zero-order chi connectivity index (χ0) is 18.5. The summed E-state index contributed by atoms with van der Waals surface area (Å²) in [5.74, 6) is 0. The molecule has 3 aromatic carbocycles. The zero-order valence-electron chi connectivity index (χ0n) is 14.7. The smallest absolute Gasteiger partial charge is 0.269 e. The second-order valence-corrected chi connectivity index (χ2v) is 6.95. The maximum Gasteiger partial charge on any atom is 0.269 e. The average Bonchev–Trinajstić information content (AvgIpc) is 3.05. The summed E-state index contributed by atoms with van der Waals surface area (Å²) in [4.78, 5) is 14.0. The van der Waals surface area contributed by atoms with Crippen LogP contribution in [0, 0.1) is 17.0 Å². The highest BCUT2D eigenvalue weighted by atomic mass is 16.6.